The van der Waals surface area contributed by atoms with Gasteiger partial charge in [0.2, 0.25) is 5.88 Å². The first-order valence-electron chi connectivity index (χ1n) is 4.62. The van der Waals surface area contributed by atoms with Gasteiger partial charge in [-0.25, -0.2) is 4.98 Å². The number of aliphatic hydroxyl groups excluding tert-OH is 1. The summed E-state index contributed by atoms with van der Waals surface area (Å²) in [4.78, 5) is 4.06. The molecule has 1 unspecified atom stereocenters. The van der Waals surface area contributed by atoms with E-state index in [0.717, 1.165) is 15.6 Å². The number of rotatable bonds is 3. The van der Waals surface area contributed by atoms with E-state index in [9.17, 15) is 5.11 Å². The molecule has 0 saturated carbocycles. The highest BCUT2D eigenvalue weighted by Crippen LogP contribution is 2.31. The number of thiophene rings is 1. The third-order valence-corrected chi connectivity index (χ3v) is 3.97. The summed E-state index contributed by atoms with van der Waals surface area (Å²) in [6.45, 7) is 0. The first kappa shape index (κ1) is 11.6. The van der Waals surface area contributed by atoms with Gasteiger partial charge in [-0.15, -0.1) is 0 Å². The van der Waals surface area contributed by atoms with Gasteiger partial charge in [0.05, 0.1) is 7.11 Å². The predicted octanol–water partition coefficient (Wildman–Crippen LogP) is 3.00. The summed E-state index contributed by atoms with van der Waals surface area (Å²) >= 11 is 4.94. The van der Waals surface area contributed by atoms with E-state index in [0.29, 0.717) is 5.88 Å². The Kier molecular flexibility index (Phi) is 3.58. The molecular weight excluding hydrogens is 290 g/mol. The summed E-state index contributed by atoms with van der Waals surface area (Å²) in [7, 11) is 1.56. The largest absolute Gasteiger partial charge is 0.481 e. The molecule has 0 amide bonds. The van der Waals surface area contributed by atoms with Crippen molar-refractivity contribution in [1.82, 2.24) is 4.98 Å². The van der Waals surface area contributed by atoms with Gasteiger partial charge in [-0.3, -0.25) is 0 Å². The minimum Gasteiger partial charge on any atom is -0.481 e. The molecule has 2 aromatic rings. The van der Waals surface area contributed by atoms with Crippen molar-refractivity contribution >= 4 is 27.3 Å². The molecule has 3 nitrogen and oxygen atoms in total. The summed E-state index contributed by atoms with van der Waals surface area (Å²) in [6.07, 6.45) is 0.965. The maximum atomic E-state index is 10.1. The summed E-state index contributed by atoms with van der Waals surface area (Å²) in [5, 5.41) is 14.0. The highest BCUT2D eigenvalue weighted by atomic mass is 79.9. The molecule has 1 atom stereocenters. The van der Waals surface area contributed by atoms with Crippen LogP contribution in [0.25, 0.3) is 0 Å². The second-order valence-corrected chi connectivity index (χ2v) is 4.81. The lowest BCUT2D eigenvalue weighted by Crippen LogP contribution is -1.99. The van der Waals surface area contributed by atoms with E-state index in [1.165, 1.54) is 0 Å². The number of aromatic nitrogens is 1. The summed E-state index contributed by atoms with van der Waals surface area (Å²) in [6, 6.07) is 3.54. The van der Waals surface area contributed by atoms with Crippen LogP contribution < -0.4 is 4.74 Å². The molecule has 0 bridgehead atoms. The molecule has 0 aliphatic carbocycles. The molecule has 0 aliphatic heterocycles. The van der Waals surface area contributed by atoms with E-state index in [2.05, 4.69) is 20.9 Å². The third-order valence-electron chi connectivity index (χ3n) is 2.22. The molecule has 0 spiro atoms. The van der Waals surface area contributed by atoms with Gasteiger partial charge in [-0.1, -0.05) is 0 Å². The van der Waals surface area contributed by atoms with Gasteiger partial charge in [-0.05, 0) is 27.4 Å². The Labute approximate surface area is 106 Å². The molecule has 16 heavy (non-hydrogen) atoms. The lowest BCUT2D eigenvalue weighted by atomic mass is 10.1. The van der Waals surface area contributed by atoms with Gasteiger partial charge in [0, 0.05) is 33.2 Å². The van der Waals surface area contributed by atoms with Gasteiger partial charge < -0.3 is 9.84 Å². The molecule has 5 heteroatoms. The van der Waals surface area contributed by atoms with Crippen molar-refractivity contribution in [3.63, 3.8) is 0 Å². The van der Waals surface area contributed by atoms with Crippen LogP contribution in [0.4, 0.5) is 0 Å². The van der Waals surface area contributed by atoms with Gasteiger partial charge in [0.25, 0.3) is 0 Å². The summed E-state index contributed by atoms with van der Waals surface area (Å²) in [5.41, 5.74) is 1.61. The van der Waals surface area contributed by atoms with Crippen LogP contribution in [0.15, 0.2) is 33.6 Å². The van der Waals surface area contributed by atoms with Crippen molar-refractivity contribution in [3.8, 4) is 5.88 Å². The Bertz CT molecular complexity index is 469. The van der Waals surface area contributed by atoms with Crippen molar-refractivity contribution in [2.45, 2.75) is 6.10 Å². The molecule has 2 rings (SSSR count). The van der Waals surface area contributed by atoms with Crippen LogP contribution in [0.5, 0.6) is 5.88 Å². The number of pyridine rings is 1. The van der Waals surface area contributed by atoms with Crippen molar-refractivity contribution in [2.75, 3.05) is 7.11 Å². The molecular formula is C11H10BrNO2S. The molecule has 0 aliphatic rings. The fourth-order valence-electron chi connectivity index (χ4n) is 1.34. The fraction of sp³-hybridized carbons (Fsp3) is 0.182. The van der Waals surface area contributed by atoms with Gasteiger partial charge in [0.1, 0.15) is 6.10 Å². The molecule has 2 aromatic heterocycles. The Balaban J connectivity index is 2.27. The van der Waals surface area contributed by atoms with Crippen LogP contribution in [0.2, 0.25) is 0 Å². The fourth-order valence-corrected chi connectivity index (χ4v) is 2.87. The topological polar surface area (TPSA) is 42.4 Å². The van der Waals surface area contributed by atoms with Crippen molar-refractivity contribution in [1.29, 1.82) is 0 Å². The predicted molar refractivity (Wildman–Crippen MR) is 66.9 cm³/mol. The minimum absolute atomic E-state index is 0.542. The zero-order valence-corrected chi connectivity index (χ0v) is 11.0. The first-order chi connectivity index (χ1) is 7.72. The lowest BCUT2D eigenvalue weighted by molar-refractivity contribution is 0.219. The van der Waals surface area contributed by atoms with E-state index < -0.39 is 6.10 Å². The Morgan fingerprint density at radius 1 is 1.44 bits per heavy atom. The molecule has 84 valence electrons. The normalized spacial score (nSPS) is 12.4. The van der Waals surface area contributed by atoms with Gasteiger partial charge in [0.15, 0.2) is 0 Å². The monoisotopic (exact) mass is 299 g/mol. The second kappa shape index (κ2) is 4.95. The van der Waals surface area contributed by atoms with E-state index >= 15 is 0 Å². The lowest BCUT2D eigenvalue weighted by Gasteiger charge is -2.10. The van der Waals surface area contributed by atoms with Crippen LogP contribution in [-0.4, -0.2) is 17.2 Å². The minimum atomic E-state index is -0.654. The quantitative estimate of drug-likeness (QED) is 0.947. The Hall–Kier alpha value is -0.910. The highest BCUT2D eigenvalue weighted by molar-refractivity contribution is 9.10. The Morgan fingerprint density at radius 2 is 2.25 bits per heavy atom. The Morgan fingerprint density at radius 3 is 2.75 bits per heavy atom. The van der Waals surface area contributed by atoms with Crippen LogP contribution >= 0.6 is 27.3 Å². The molecule has 2 heterocycles. The number of ether oxygens (including phenoxy) is 1. The second-order valence-electron chi connectivity index (χ2n) is 3.21. The zero-order valence-electron chi connectivity index (χ0n) is 8.55. The molecule has 0 fully saturated rings. The summed E-state index contributed by atoms with van der Waals surface area (Å²) < 4.78 is 5.88. The molecule has 1 N–H and O–H groups in total. The van der Waals surface area contributed by atoms with E-state index in [-0.39, 0.29) is 0 Å². The molecule has 0 saturated heterocycles. The van der Waals surface area contributed by atoms with Crippen molar-refractivity contribution in [2.24, 2.45) is 0 Å². The van der Waals surface area contributed by atoms with Crippen LogP contribution in [0.1, 0.15) is 17.2 Å². The number of methoxy groups -OCH3 is 1. The first-order valence-corrected chi connectivity index (χ1v) is 6.35. The number of aliphatic hydroxyl groups is 1. The number of nitrogens with zero attached hydrogens (tertiary/aromatic N) is 1. The third kappa shape index (κ3) is 2.26. The van der Waals surface area contributed by atoms with Crippen molar-refractivity contribution < 1.29 is 9.84 Å². The highest BCUT2D eigenvalue weighted by Gasteiger charge is 2.14. The SMILES string of the molecule is COc1ccc(C(O)c2cscc2Br)cn1. The standard InChI is InChI=1S/C11H10BrNO2S/c1-15-10-3-2-7(4-13-10)11(14)8-5-16-6-9(8)12/h2-6,11,14H,1H3. The zero-order chi connectivity index (χ0) is 11.5. The van der Waals surface area contributed by atoms with Crippen LogP contribution in [0, 0.1) is 0 Å². The van der Waals surface area contributed by atoms with Crippen LogP contribution in [-0.2, 0) is 0 Å². The van der Waals surface area contributed by atoms with E-state index in [1.807, 2.05) is 10.8 Å². The molecule has 0 aromatic carbocycles. The smallest absolute Gasteiger partial charge is 0.212 e. The van der Waals surface area contributed by atoms with E-state index in [1.54, 1.807) is 36.8 Å². The van der Waals surface area contributed by atoms with Gasteiger partial charge in [-0.2, -0.15) is 11.3 Å². The number of halogens is 1. The summed E-state index contributed by atoms with van der Waals surface area (Å²) in [5.74, 6) is 0.542. The average Bonchev–Trinajstić information content (AvgIpc) is 2.75. The molecule has 0 radical (unpaired) electrons. The van der Waals surface area contributed by atoms with Crippen LogP contribution in [0.3, 0.4) is 0 Å². The van der Waals surface area contributed by atoms with E-state index in [4.69, 9.17) is 4.74 Å². The number of hydrogen-bond donors (Lipinski definition) is 1. The number of hydrogen-bond acceptors (Lipinski definition) is 4. The maximum Gasteiger partial charge on any atom is 0.212 e. The van der Waals surface area contributed by atoms with Gasteiger partial charge >= 0.3 is 0 Å². The average molecular weight is 300 g/mol. The maximum absolute atomic E-state index is 10.1. The van der Waals surface area contributed by atoms with Crippen molar-refractivity contribution in [3.05, 3.63) is 44.7 Å².